The highest BCUT2D eigenvalue weighted by atomic mass is 32.2. The topological polar surface area (TPSA) is 53.5 Å². The van der Waals surface area contributed by atoms with Crippen LogP contribution in [-0.2, 0) is 9.59 Å². The van der Waals surface area contributed by atoms with Crippen LogP contribution in [0.3, 0.4) is 0 Å². The molecule has 28 heavy (non-hydrogen) atoms. The minimum Gasteiger partial charge on any atom is -0.293 e. The van der Waals surface area contributed by atoms with Crippen LogP contribution in [0, 0.1) is 13.8 Å². The molecule has 0 spiro atoms. The fourth-order valence-electron chi connectivity index (χ4n) is 2.88. The van der Waals surface area contributed by atoms with Crippen molar-refractivity contribution in [2.75, 3.05) is 11.4 Å². The van der Waals surface area contributed by atoms with Crippen LogP contribution in [0.25, 0.3) is 6.08 Å². The van der Waals surface area contributed by atoms with Gasteiger partial charge in [0.15, 0.2) is 5.13 Å². The number of thioether (sulfide) groups is 1. The van der Waals surface area contributed by atoms with Crippen LogP contribution in [0.1, 0.15) is 37.1 Å². The third-order valence-corrected chi connectivity index (χ3v) is 6.65. The van der Waals surface area contributed by atoms with Crippen molar-refractivity contribution in [1.29, 1.82) is 0 Å². The number of aromatic nitrogens is 1. The Morgan fingerprint density at radius 2 is 2.11 bits per heavy atom. The van der Waals surface area contributed by atoms with Gasteiger partial charge in [-0.2, -0.15) is 0 Å². The van der Waals surface area contributed by atoms with Gasteiger partial charge in [-0.3, -0.25) is 19.4 Å². The van der Waals surface area contributed by atoms with E-state index in [0.29, 0.717) is 26.6 Å². The number of aryl methyl sites for hydroxylation is 1. The van der Waals surface area contributed by atoms with Gasteiger partial charge in [-0.05, 0) is 43.5 Å². The summed E-state index contributed by atoms with van der Waals surface area (Å²) in [5, 5.41) is 2.43. The van der Waals surface area contributed by atoms with Gasteiger partial charge in [0.05, 0.1) is 16.3 Å². The molecule has 0 unspecified atom stereocenters. The molecule has 3 rings (SSSR count). The van der Waals surface area contributed by atoms with Gasteiger partial charge in [0.2, 0.25) is 5.91 Å². The van der Waals surface area contributed by atoms with E-state index in [2.05, 4.69) is 4.98 Å². The monoisotopic (exact) mass is 431 g/mol. The zero-order valence-electron chi connectivity index (χ0n) is 16.2. The smallest absolute Gasteiger partial charge is 0.266 e. The molecule has 146 valence electrons. The van der Waals surface area contributed by atoms with E-state index in [1.165, 1.54) is 30.0 Å². The summed E-state index contributed by atoms with van der Waals surface area (Å²) in [6.07, 6.45) is 2.60. The van der Waals surface area contributed by atoms with Crippen molar-refractivity contribution in [3.8, 4) is 0 Å². The van der Waals surface area contributed by atoms with Crippen LogP contribution >= 0.6 is 35.3 Å². The summed E-state index contributed by atoms with van der Waals surface area (Å²) < 4.78 is 0.578. The Bertz CT molecular complexity index is 981. The molecular formula is C20H21N3O2S3. The summed E-state index contributed by atoms with van der Waals surface area (Å²) in [4.78, 5) is 33.3. The minimum absolute atomic E-state index is 0.0793. The first-order valence-electron chi connectivity index (χ1n) is 8.91. The van der Waals surface area contributed by atoms with Crippen LogP contribution in [0.4, 0.5) is 10.8 Å². The molecule has 2 aromatic rings. The van der Waals surface area contributed by atoms with Crippen molar-refractivity contribution >= 4 is 68.3 Å². The predicted octanol–water partition coefficient (Wildman–Crippen LogP) is 5.06. The van der Waals surface area contributed by atoms with Gasteiger partial charge in [-0.15, -0.1) is 11.3 Å². The number of rotatable bonds is 5. The van der Waals surface area contributed by atoms with Gasteiger partial charge in [0, 0.05) is 18.8 Å². The highest BCUT2D eigenvalue weighted by Gasteiger charge is 2.31. The van der Waals surface area contributed by atoms with E-state index in [0.717, 1.165) is 23.2 Å². The number of carbonyl (C=O) groups is 2. The van der Waals surface area contributed by atoms with E-state index in [9.17, 15) is 9.59 Å². The predicted molar refractivity (Wildman–Crippen MR) is 121 cm³/mol. The van der Waals surface area contributed by atoms with Crippen molar-refractivity contribution < 1.29 is 9.59 Å². The van der Waals surface area contributed by atoms with E-state index in [4.69, 9.17) is 12.2 Å². The molecule has 1 aromatic heterocycles. The molecule has 1 aliphatic rings. The summed E-state index contributed by atoms with van der Waals surface area (Å²) in [7, 11) is 0. The lowest BCUT2D eigenvalue weighted by Crippen LogP contribution is -2.28. The minimum atomic E-state index is -0.108. The van der Waals surface area contributed by atoms with Gasteiger partial charge in [0.25, 0.3) is 5.91 Å². The maximum absolute atomic E-state index is 12.5. The van der Waals surface area contributed by atoms with Crippen LogP contribution in [-0.4, -0.2) is 32.6 Å². The lowest BCUT2D eigenvalue weighted by atomic mass is 10.1. The highest BCUT2D eigenvalue weighted by molar-refractivity contribution is 8.26. The maximum atomic E-state index is 12.5. The zero-order valence-corrected chi connectivity index (χ0v) is 18.6. The largest absolute Gasteiger partial charge is 0.293 e. The maximum Gasteiger partial charge on any atom is 0.266 e. The van der Waals surface area contributed by atoms with E-state index in [1.807, 2.05) is 44.4 Å². The fraction of sp³-hybridized carbons (Fsp3) is 0.300. The van der Waals surface area contributed by atoms with Crippen LogP contribution in [0.2, 0.25) is 0 Å². The Morgan fingerprint density at radius 1 is 1.36 bits per heavy atom. The first-order valence-corrected chi connectivity index (χ1v) is 11.0. The Kier molecular flexibility index (Phi) is 6.32. The molecule has 0 saturated carbocycles. The summed E-state index contributed by atoms with van der Waals surface area (Å²) >= 11 is 7.97. The Labute approximate surface area is 178 Å². The second-order valence-corrected chi connectivity index (χ2v) is 8.97. The van der Waals surface area contributed by atoms with Crippen molar-refractivity contribution in [3.63, 3.8) is 0 Å². The average Bonchev–Trinajstić information content (AvgIpc) is 3.19. The van der Waals surface area contributed by atoms with Gasteiger partial charge in [-0.25, -0.2) is 4.98 Å². The lowest BCUT2D eigenvalue weighted by Gasteiger charge is -2.21. The van der Waals surface area contributed by atoms with Crippen LogP contribution in [0.5, 0.6) is 0 Å². The number of amides is 2. The Balaban J connectivity index is 1.92. The third-order valence-electron chi connectivity index (χ3n) is 4.43. The third kappa shape index (κ3) is 4.04. The summed E-state index contributed by atoms with van der Waals surface area (Å²) in [6, 6.07) is 5.87. The van der Waals surface area contributed by atoms with E-state index < -0.39 is 0 Å². The van der Waals surface area contributed by atoms with Crippen LogP contribution < -0.4 is 4.90 Å². The lowest BCUT2D eigenvalue weighted by molar-refractivity contribution is -0.122. The molecule has 1 aliphatic heterocycles. The van der Waals surface area contributed by atoms with Gasteiger partial charge in [-0.1, -0.05) is 43.0 Å². The molecule has 5 nitrogen and oxygen atoms in total. The average molecular weight is 432 g/mol. The summed E-state index contributed by atoms with van der Waals surface area (Å²) in [5.41, 5.74) is 3.62. The first-order chi connectivity index (χ1) is 13.3. The molecule has 0 bridgehead atoms. The quantitative estimate of drug-likeness (QED) is 0.489. The molecule has 1 aromatic carbocycles. The summed E-state index contributed by atoms with van der Waals surface area (Å²) in [6.45, 7) is 8.17. The molecular weight excluding hydrogens is 410 g/mol. The molecule has 0 atom stereocenters. The normalized spacial score (nSPS) is 15.6. The molecule has 2 heterocycles. The number of benzene rings is 1. The summed E-state index contributed by atoms with van der Waals surface area (Å²) in [5.74, 6) is -0.187. The van der Waals surface area contributed by atoms with Crippen molar-refractivity contribution in [2.45, 2.75) is 34.1 Å². The number of nitrogens with zero attached hydrogens (tertiary/aromatic N) is 3. The van der Waals surface area contributed by atoms with E-state index in [1.54, 1.807) is 15.9 Å². The second kappa shape index (κ2) is 8.55. The van der Waals surface area contributed by atoms with Gasteiger partial charge in [0.1, 0.15) is 4.32 Å². The molecule has 0 radical (unpaired) electrons. The highest BCUT2D eigenvalue weighted by Crippen LogP contribution is 2.35. The molecule has 0 aliphatic carbocycles. The molecule has 0 N–H and O–H groups in total. The van der Waals surface area contributed by atoms with Crippen LogP contribution in [0.15, 0.2) is 28.5 Å². The number of hydrogen-bond donors (Lipinski definition) is 0. The van der Waals surface area contributed by atoms with Crippen molar-refractivity contribution in [1.82, 2.24) is 9.88 Å². The molecule has 8 heteroatoms. The van der Waals surface area contributed by atoms with E-state index in [-0.39, 0.29) is 11.8 Å². The van der Waals surface area contributed by atoms with Gasteiger partial charge >= 0.3 is 0 Å². The van der Waals surface area contributed by atoms with Gasteiger partial charge < -0.3 is 0 Å². The van der Waals surface area contributed by atoms with Crippen molar-refractivity contribution in [3.05, 3.63) is 45.3 Å². The second-order valence-electron chi connectivity index (χ2n) is 6.46. The number of hydrogen-bond acceptors (Lipinski definition) is 6. The molecule has 1 saturated heterocycles. The SMILES string of the molecule is CCCN1C(=O)/C(=C/c2csc(N(C(C)=O)c3cccc(C)c3C)n2)SC1=S. The number of thiazole rings is 1. The number of thiocarbonyl (C=S) groups is 1. The zero-order chi connectivity index (χ0) is 20.4. The Morgan fingerprint density at radius 3 is 2.79 bits per heavy atom. The Hall–Kier alpha value is -2.03. The fourth-order valence-corrected chi connectivity index (χ4v) is 5.01. The molecule has 2 amide bonds. The number of carbonyl (C=O) groups excluding carboxylic acids is 2. The van der Waals surface area contributed by atoms with Crippen molar-refractivity contribution in [2.24, 2.45) is 0 Å². The van der Waals surface area contributed by atoms with E-state index >= 15 is 0 Å². The first kappa shape index (κ1) is 20.7. The molecule has 1 fully saturated rings. The number of anilines is 2. The standard InChI is InChI=1S/C20H21N3O2S3/c1-5-9-22-18(25)17(28-20(22)26)10-15-11-27-19(21-15)23(14(4)24)16-8-6-7-12(2)13(16)3/h6-8,10-11H,5,9H2,1-4H3/b17-10-.